The number of methoxy groups -OCH3 is 1. The van der Waals surface area contributed by atoms with Gasteiger partial charge in [-0.1, -0.05) is 6.07 Å². The summed E-state index contributed by atoms with van der Waals surface area (Å²) in [4.78, 5) is 23.4. The lowest BCUT2D eigenvalue weighted by Gasteiger charge is -2.22. The van der Waals surface area contributed by atoms with Crippen molar-refractivity contribution in [1.82, 2.24) is 5.32 Å². The topological polar surface area (TPSA) is 64.6 Å². The first kappa shape index (κ1) is 16.8. The normalized spacial score (nSPS) is 12.6. The fraction of sp³-hybridized carbons (Fsp3) is 0.538. The van der Waals surface area contributed by atoms with E-state index in [0.717, 1.165) is 4.21 Å². The van der Waals surface area contributed by atoms with Crippen LogP contribution in [0, 0.1) is 0 Å². The van der Waals surface area contributed by atoms with Gasteiger partial charge in [0.15, 0.2) is 0 Å². The van der Waals surface area contributed by atoms with Crippen LogP contribution in [0.15, 0.2) is 21.7 Å². The van der Waals surface area contributed by atoms with Crippen molar-refractivity contribution in [3.05, 3.63) is 17.5 Å². The number of alkyl carbamates (subject to hydrolysis) is 1. The van der Waals surface area contributed by atoms with E-state index in [1.807, 2.05) is 17.5 Å². The summed E-state index contributed by atoms with van der Waals surface area (Å²) in [5, 5.41) is 4.49. The van der Waals surface area contributed by atoms with Crippen LogP contribution in [-0.4, -0.2) is 36.6 Å². The molecule has 0 fully saturated rings. The molecule has 1 N–H and O–H groups in total. The minimum absolute atomic E-state index is 0.395. The Labute approximate surface area is 127 Å². The lowest BCUT2D eigenvalue weighted by atomic mass is 10.2. The monoisotopic (exact) mass is 317 g/mol. The Hall–Kier alpha value is -1.21. The van der Waals surface area contributed by atoms with Crippen LogP contribution in [0.4, 0.5) is 4.79 Å². The first-order valence-electron chi connectivity index (χ1n) is 6.05. The maximum Gasteiger partial charge on any atom is 0.408 e. The molecule has 1 atom stereocenters. The zero-order valence-electron chi connectivity index (χ0n) is 12.0. The van der Waals surface area contributed by atoms with E-state index in [1.54, 1.807) is 32.1 Å². The van der Waals surface area contributed by atoms with Gasteiger partial charge in [0, 0.05) is 5.75 Å². The number of amides is 1. The average molecular weight is 317 g/mol. The first-order chi connectivity index (χ1) is 9.31. The molecule has 1 aromatic heterocycles. The van der Waals surface area contributed by atoms with Gasteiger partial charge in [0.2, 0.25) is 0 Å². The summed E-state index contributed by atoms with van der Waals surface area (Å²) in [7, 11) is 1.29. The van der Waals surface area contributed by atoms with E-state index in [-0.39, 0.29) is 0 Å². The summed E-state index contributed by atoms with van der Waals surface area (Å²) in [6.45, 7) is 5.29. The van der Waals surface area contributed by atoms with Crippen LogP contribution in [-0.2, 0) is 14.3 Å². The predicted octanol–water partition coefficient (Wildman–Crippen LogP) is 2.91. The van der Waals surface area contributed by atoms with Crippen LogP contribution in [0.25, 0.3) is 0 Å². The van der Waals surface area contributed by atoms with Crippen molar-refractivity contribution < 1.29 is 19.1 Å². The Kier molecular flexibility index (Phi) is 6.35. The van der Waals surface area contributed by atoms with E-state index in [0.29, 0.717) is 5.75 Å². The second-order valence-corrected chi connectivity index (χ2v) is 7.23. The zero-order chi connectivity index (χ0) is 15.2. The van der Waals surface area contributed by atoms with Crippen LogP contribution in [0.2, 0.25) is 0 Å². The fourth-order valence-electron chi connectivity index (χ4n) is 1.27. The van der Waals surface area contributed by atoms with E-state index < -0.39 is 23.7 Å². The van der Waals surface area contributed by atoms with Crippen molar-refractivity contribution >= 4 is 35.2 Å². The molecule has 0 unspecified atom stereocenters. The molecule has 0 saturated heterocycles. The number of esters is 1. The van der Waals surface area contributed by atoms with Gasteiger partial charge in [-0.2, -0.15) is 0 Å². The van der Waals surface area contributed by atoms with Gasteiger partial charge in [-0.25, -0.2) is 9.59 Å². The minimum Gasteiger partial charge on any atom is -0.467 e. The Bertz CT molecular complexity index is 440. The number of rotatable bonds is 5. The third kappa shape index (κ3) is 6.29. The molecular formula is C13H19NO4S2. The Morgan fingerprint density at radius 3 is 2.65 bits per heavy atom. The maximum atomic E-state index is 11.7. The molecule has 0 spiro atoms. The maximum absolute atomic E-state index is 11.7. The summed E-state index contributed by atoms with van der Waals surface area (Å²) in [5.41, 5.74) is -0.606. The van der Waals surface area contributed by atoms with Gasteiger partial charge < -0.3 is 14.8 Å². The molecular weight excluding hydrogens is 298 g/mol. The van der Waals surface area contributed by atoms with Crippen LogP contribution in [0.5, 0.6) is 0 Å². The van der Waals surface area contributed by atoms with Crippen LogP contribution >= 0.6 is 23.1 Å². The summed E-state index contributed by atoms with van der Waals surface area (Å²) < 4.78 is 10.9. The molecule has 0 aliphatic heterocycles. The summed E-state index contributed by atoms with van der Waals surface area (Å²) >= 11 is 3.07. The molecule has 0 aliphatic rings. The van der Waals surface area contributed by atoms with Gasteiger partial charge in [0.1, 0.15) is 11.6 Å². The van der Waals surface area contributed by atoms with Gasteiger partial charge >= 0.3 is 12.1 Å². The molecule has 112 valence electrons. The van der Waals surface area contributed by atoms with E-state index >= 15 is 0 Å². The van der Waals surface area contributed by atoms with Crippen molar-refractivity contribution in [1.29, 1.82) is 0 Å². The molecule has 1 aromatic rings. The number of carbonyl (C=O) groups is 2. The van der Waals surface area contributed by atoms with Gasteiger partial charge in [-0.05, 0) is 32.2 Å². The third-order valence-electron chi connectivity index (χ3n) is 2.06. The van der Waals surface area contributed by atoms with E-state index in [9.17, 15) is 9.59 Å². The van der Waals surface area contributed by atoms with E-state index in [2.05, 4.69) is 5.32 Å². The number of thioether (sulfide) groups is 1. The van der Waals surface area contributed by atoms with Crippen LogP contribution < -0.4 is 5.32 Å². The van der Waals surface area contributed by atoms with Crippen molar-refractivity contribution in [3.63, 3.8) is 0 Å². The predicted molar refractivity (Wildman–Crippen MR) is 80.2 cm³/mol. The Morgan fingerprint density at radius 1 is 1.45 bits per heavy atom. The molecule has 1 amide bonds. The van der Waals surface area contributed by atoms with E-state index in [4.69, 9.17) is 9.47 Å². The highest BCUT2D eigenvalue weighted by atomic mass is 32.2. The zero-order valence-corrected chi connectivity index (χ0v) is 13.6. The highest BCUT2D eigenvalue weighted by Gasteiger charge is 2.25. The SMILES string of the molecule is COC(=O)[C@H](CSc1cccs1)NC(=O)OC(C)(C)C. The molecule has 20 heavy (non-hydrogen) atoms. The highest BCUT2D eigenvalue weighted by Crippen LogP contribution is 2.24. The number of hydrogen-bond donors (Lipinski definition) is 1. The summed E-state index contributed by atoms with van der Waals surface area (Å²) in [6.07, 6.45) is -0.625. The van der Waals surface area contributed by atoms with Crippen molar-refractivity contribution in [3.8, 4) is 0 Å². The average Bonchev–Trinajstić information content (AvgIpc) is 2.84. The molecule has 5 nitrogen and oxygen atoms in total. The molecule has 0 bridgehead atoms. The second-order valence-electron chi connectivity index (χ2n) is 4.97. The summed E-state index contributed by atoms with van der Waals surface area (Å²) in [6, 6.07) is 3.15. The van der Waals surface area contributed by atoms with Crippen molar-refractivity contribution in [2.24, 2.45) is 0 Å². The van der Waals surface area contributed by atoms with Crippen molar-refractivity contribution in [2.75, 3.05) is 12.9 Å². The van der Waals surface area contributed by atoms with Crippen LogP contribution in [0.1, 0.15) is 20.8 Å². The molecule has 0 aromatic carbocycles. The number of hydrogen-bond acceptors (Lipinski definition) is 6. The Morgan fingerprint density at radius 2 is 2.15 bits per heavy atom. The number of ether oxygens (including phenoxy) is 2. The molecule has 1 heterocycles. The lowest BCUT2D eigenvalue weighted by Crippen LogP contribution is -2.45. The number of nitrogens with one attached hydrogen (secondary N) is 1. The van der Waals surface area contributed by atoms with Crippen molar-refractivity contribution in [2.45, 2.75) is 36.6 Å². The van der Waals surface area contributed by atoms with Gasteiger partial charge in [-0.15, -0.1) is 23.1 Å². The lowest BCUT2D eigenvalue weighted by molar-refractivity contribution is -0.142. The minimum atomic E-state index is -0.734. The quantitative estimate of drug-likeness (QED) is 0.668. The highest BCUT2D eigenvalue weighted by molar-refractivity contribution is 8.01. The molecule has 0 aliphatic carbocycles. The van der Waals surface area contributed by atoms with Gasteiger partial charge in [0.05, 0.1) is 11.3 Å². The van der Waals surface area contributed by atoms with Crippen LogP contribution in [0.3, 0.4) is 0 Å². The second kappa shape index (κ2) is 7.54. The number of carbonyl (C=O) groups excluding carboxylic acids is 2. The standard InChI is InChI=1S/C13H19NO4S2/c1-13(2,3)18-12(16)14-9(11(15)17-4)8-20-10-6-5-7-19-10/h5-7,9H,8H2,1-4H3,(H,14,16)/t9-/m0/s1. The molecule has 1 rings (SSSR count). The molecule has 0 radical (unpaired) electrons. The fourth-order valence-corrected chi connectivity index (χ4v) is 3.09. The Balaban J connectivity index is 2.56. The number of thiophene rings is 1. The molecule has 7 heteroatoms. The van der Waals surface area contributed by atoms with Gasteiger partial charge in [-0.3, -0.25) is 0 Å². The first-order valence-corrected chi connectivity index (χ1v) is 7.92. The largest absolute Gasteiger partial charge is 0.467 e. The van der Waals surface area contributed by atoms with E-state index in [1.165, 1.54) is 18.9 Å². The smallest absolute Gasteiger partial charge is 0.408 e. The molecule has 0 saturated carbocycles. The summed E-state index contributed by atoms with van der Waals surface area (Å²) in [5.74, 6) is -0.0909. The van der Waals surface area contributed by atoms with Gasteiger partial charge in [0.25, 0.3) is 0 Å². The third-order valence-corrected chi connectivity index (χ3v) is 4.29.